The normalized spacial score (nSPS) is 18.0. The molecule has 2 heterocycles. The number of rotatable bonds is 12. The van der Waals surface area contributed by atoms with Crippen molar-refractivity contribution in [1.29, 1.82) is 0 Å². The molecule has 0 radical (unpaired) electrons. The number of hydrogen-bond acceptors (Lipinski definition) is 7. The lowest BCUT2D eigenvalue weighted by Gasteiger charge is -2.16. The number of ether oxygens (including phenoxy) is 3. The summed E-state index contributed by atoms with van der Waals surface area (Å²) in [7, 11) is 0. The van der Waals surface area contributed by atoms with Crippen LogP contribution in [0.2, 0.25) is 0 Å². The lowest BCUT2D eigenvalue weighted by Crippen LogP contribution is -2.34. The van der Waals surface area contributed by atoms with Crippen LogP contribution in [0.25, 0.3) is 0 Å². The highest BCUT2D eigenvalue weighted by Gasteiger charge is 2.65. The zero-order valence-corrected chi connectivity index (χ0v) is 18.2. The molecule has 35 heavy (non-hydrogen) atoms. The van der Waals surface area contributed by atoms with E-state index in [1.165, 1.54) is 36.4 Å². The van der Waals surface area contributed by atoms with E-state index in [0.717, 1.165) is 5.56 Å². The maximum atomic E-state index is 13.0. The van der Waals surface area contributed by atoms with Crippen LogP contribution in [0.3, 0.4) is 0 Å². The van der Waals surface area contributed by atoms with Gasteiger partial charge in [0.05, 0.1) is 39.6 Å². The Morgan fingerprint density at radius 3 is 1.40 bits per heavy atom. The molecule has 0 unspecified atom stereocenters. The van der Waals surface area contributed by atoms with Gasteiger partial charge < -0.3 is 14.2 Å². The largest absolute Gasteiger partial charge is 0.442 e. The van der Waals surface area contributed by atoms with E-state index >= 15 is 0 Å². The Morgan fingerprint density at radius 2 is 1.03 bits per heavy atom. The van der Waals surface area contributed by atoms with E-state index in [1.54, 1.807) is 12.1 Å². The lowest BCUT2D eigenvalue weighted by molar-refractivity contribution is -0.166. The number of hydrazine groups is 1. The molecule has 1 saturated heterocycles. The topological polar surface area (TPSA) is 96.3 Å². The van der Waals surface area contributed by atoms with Crippen molar-refractivity contribution in [2.24, 2.45) is 10.2 Å². The van der Waals surface area contributed by atoms with Crippen LogP contribution in [-0.4, -0.2) is 38.8 Å². The molecule has 0 aliphatic carbocycles. The number of halogens is 6. The van der Waals surface area contributed by atoms with Gasteiger partial charge in [-0.05, 0) is 16.7 Å². The van der Waals surface area contributed by atoms with Crippen LogP contribution in [0.1, 0.15) is 22.3 Å². The van der Waals surface area contributed by atoms with Gasteiger partial charge in [-0.2, -0.15) is 26.3 Å². The molecule has 0 atom stereocenters. The van der Waals surface area contributed by atoms with E-state index in [4.69, 9.17) is 14.2 Å². The lowest BCUT2D eigenvalue weighted by atomic mass is 10.0. The first-order valence-corrected chi connectivity index (χ1v) is 10.6. The van der Waals surface area contributed by atoms with Crippen molar-refractivity contribution in [2.45, 2.75) is 36.9 Å². The summed E-state index contributed by atoms with van der Waals surface area (Å²) in [5, 5.41) is 6.32. The molecule has 0 amide bonds. The number of nitrogens with zero attached hydrogens (tertiary/aromatic N) is 2. The average Bonchev–Trinajstić information content (AvgIpc) is 3.71. The third-order valence-electron chi connectivity index (χ3n) is 5.52. The van der Waals surface area contributed by atoms with Gasteiger partial charge in [-0.1, -0.05) is 48.5 Å². The van der Waals surface area contributed by atoms with E-state index < -0.39 is 23.7 Å². The molecule has 2 N–H and O–H groups in total. The molecule has 2 aromatic rings. The Morgan fingerprint density at radius 1 is 0.600 bits per heavy atom. The van der Waals surface area contributed by atoms with Crippen LogP contribution < -0.4 is 10.9 Å². The zero-order valence-electron chi connectivity index (χ0n) is 18.2. The summed E-state index contributed by atoms with van der Waals surface area (Å²) in [6, 6.07) is 11.7. The summed E-state index contributed by atoms with van der Waals surface area (Å²) in [6.45, 7) is 1.61. The molecule has 0 aromatic heterocycles. The monoisotopic (exact) mass is 504 g/mol. The second kappa shape index (κ2) is 9.82. The molecule has 0 bridgehead atoms. The smallest absolute Gasteiger partial charge is 0.377 e. The highest BCUT2D eigenvalue weighted by Crippen LogP contribution is 2.52. The Bertz CT molecular complexity index is 950. The maximum absolute atomic E-state index is 13.0. The minimum absolute atomic E-state index is 0.0322. The molecular weight excluding hydrogens is 482 g/mol. The third-order valence-corrected chi connectivity index (χ3v) is 5.52. The van der Waals surface area contributed by atoms with Gasteiger partial charge in [-0.25, -0.2) is 10.9 Å². The van der Waals surface area contributed by atoms with E-state index in [2.05, 4.69) is 21.1 Å². The molecule has 190 valence electrons. The molecule has 0 spiro atoms. The molecular formula is C22H22F6N4O3. The number of nitrogens with one attached hydrogen (secondary N) is 2. The molecule has 7 nitrogen and oxygen atoms in total. The summed E-state index contributed by atoms with van der Waals surface area (Å²) < 4.78 is 94.4. The molecule has 13 heteroatoms. The standard InChI is InChI=1S/C22H22F6N4O3/c23-21(24,25)19(29-30-19)17-5-1-15(2-6-17)13-34-11-9-33-10-12-35-14-16-3-7-18(8-4-16)20(31-32-20)22(26,27)28/h1-8,29-30H,9-14H2. The van der Waals surface area contributed by atoms with Crippen molar-refractivity contribution >= 4 is 0 Å². The molecule has 2 aromatic carbocycles. The Kier molecular flexibility index (Phi) is 7.16. The third kappa shape index (κ3) is 5.64. The van der Waals surface area contributed by atoms with Gasteiger partial charge in [-0.15, -0.1) is 10.2 Å². The van der Waals surface area contributed by atoms with Gasteiger partial charge >= 0.3 is 18.0 Å². The molecule has 0 saturated carbocycles. The van der Waals surface area contributed by atoms with Crippen molar-refractivity contribution in [2.75, 3.05) is 26.4 Å². The quantitative estimate of drug-likeness (QED) is 0.253. The van der Waals surface area contributed by atoms with Crippen molar-refractivity contribution in [3.05, 3.63) is 70.8 Å². The SMILES string of the molecule is FC(F)(F)C1(c2ccc(COCCOCCOCc3ccc(C4(C(F)(F)F)NN4)cc3)cc2)N=N1. The predicted molar refractivity (Wildman–Crippen MR) is 110 cm³/mol. The van der Waals surface area contributed by atoms with Gasteiger partial charge in [0.15, 0.2) is 0 Å². The highest BCUT2D eigenvalue weighted by molar-refractivity contribution is 5.33. The predicted octanol–water partition coefficient (Wildman–Crippen LogP) is 4.44. The van der Waals surface area contributed by atoms with Gasteiger partial charge in [0.2, 0.25) is 5.66 Å². The van der Waals surface area contributed by atoms with Crippen molar-refractivity contribution in [3.8, 4) is 0 Å². The Hall–Kier alpha value is -2.58. The van der Waals surface area contributed by atoms with Gasteiger partial charge in [0.25, 0.3) is 0 Å². The Labute approximate surface area is 196 Å². The maximum Gasteiger partial charge on any atom is 0.442 e. The number of alkyl halides is 6. The fraction of sp³-hybridized carbons (Fsp3) is 0.455. The second-order valence-corrected chi connectivity index (χ2v) is 7.98. The van der Waals surface area contributed by atoms with Crippen LogP contribution in [0.4, 0.5) is 26.3 Å². The van der Waals surface area contributed by atoms with E-state index in [9.17, 15) is 26.3 Å². The van der Waals surface area contributed by atoms with Gasteiger partial charge in [0.1, 0.15) is 0 Å². The van der Waals surface area contributed by atoms with Crippen molar-refractivity contribution < 1.29 is 40.6 Å². The first kappa shape index (κ1) is 25.5. The molecule has 4 rings (SSSR count). The second-order valence-electron chi connectivity index (χ2n) is 7.98. The average molecular weight is 504 g/mol. The van der Waals surface area contributed by atoms with E-state index in [-0.39, 0.29) is 37.6 Å². The molecule has 2 aliphatic rings. The highest BCUT2D eigenvalue weighted by atomic mass is 19.4. The summed E-state index contributed by atoms with van der Waals surface area (Å²) in [5.41, 5.74) is 1.18. The van der Waals surface area contributed by atoms with Crippen LogP contribution >= 0.6 is 0 Å². The summed E-state index contributed by atoms with van der Waals surface area (Å²) in [4.78, 5) is 0. The van der Waals surface area contributed by atoms with Crippen molar-refractivity contribution in [1.82, 2.24) is 10.9 Å². The van der Waals surface area contributed by atoms with Crippen LogP contribution in [0.5, 0.6) is 0 Å². The number of benzene rings is 2. The van der Waals surface area contributed by atoms with Crippen molar-refractivity contribution in [3.63, 3.8) is 0 Å². The molecule has 2 aliphatic heterocycles. The Balaban J connectivity index is 1.06. The van der Waals surface area contributed by atoms with Gasteiger partial charge in [0, 0.05) is 5.56 Å². The number of hydrogen-bond donors (Lipinski definition) is 2. The summed E-state index contributed by atoms with van der Waals surface area (Å²) in [5.74, 6) is 0. The zero-order chi connectivity index (χ0) is 25.2. The first-order valence-electron chi connectivity index (χ1n) is 10.6. The molecule has 1 fully saturated rings. The van der Waals surface area contributed by atoms with Gasteiger partial charge in [-0.3, -0.25) is 0 Å². The van der Waals surface area contributed by atoms with E-state index in [1.807, 2.05) is 0 Å². The minimum atomic E-state index is -4.55. The first-order chi connectivity index (χ1) is 16.6. The minimum Gasteiger partial charge on any atom is -0.377 e. The fourth-order valence-corrected chi connectivity index (χ4v) is 3.36. The van der Waals surface area contributed by atoms with Crippen LogP contribution in [0.15, 0.2) is 58.8 Å². The van der Waals surface area contributed by atoms with Crippen LogP contribution in [-0.2, 0) is 38.8 Å². The summed E-state index contributed by atoms with van der Waals surface area (Å²) >= 11 is 0. The van der Waals surface area contributed by atoms with Crippen LogP contribution in [0, 0.1) is 0 Å². The van der Waals surface area contributed by atoms with E-state index in [0.29, 0.717) is 18.8 Å². The summed E-state index contributed by atoms with van der Waals surface area (Å²) in [6.07, 6.45) is -9.00. The fourth-order valence-electron chi connectivity index (χ4n) is 3.36.